The Balaban J connectivity index is 2.19. The Kier molecular flexibility index (Phi) is 1.57. The number of hydrogen-bond donors (Lipinski definition) is 0. The first-order valence-electron chi connectivity index (χ1n) is 4.60. The SMILES string of the molecule is COC(=O)C1C(=O)CC2C1C2(C)C. The number of esters is 1. The van der Waals surface area contributed by atoms with Gasteiger partial charge in [-0.05, 0) is 17.3 Å². The van der Waals surface area contributed by atoms with E-state index >= 15 is 0 Å². The second-order valence-electron chi connectivity index (χ2n) is 4.62. The van der Waals surface area contributed by atoms with Crippen LogP contribution in [0.25, 0.3) is 0 Å². The molecular formula is C10H14O3. The molecule has 0 aliphatic heterocycles. The number of ether oxygens (including phenoxy) is 1. The van der Waals surface area contributed by atoms with Gasteiger partial charge in [0.05, 0.1) is 7.11 Å². The topological polar surface area (TPSA) is 43.4 Å². The monoisotopic (exact) mass is 182 g/mol. The molecule has 0 aromatic carbocycles. The zero-order valence-electron chi connectivity index (χ0n) is 8.16. The number of Topliss-reactive ketones (excluding diaryl/α,β-unsaturated/α-hetero) is 1. The van der Waals surface area contributed by atoms with E-state index in [2.05, 4.69) is 18.6 Å². The number of fused-ring (bicyclic) bond motifs is 1. The summed E-state index contributed by atoms with van der Waals surface area (Å²) in [5, 5.41) is 0. The van der Waals surface area contributed by atoms with E-state index in [0.717, 1.165) is 0 Å². The highest BCUT2D eigenvalue weighted by atomic mass is 16.5. The molecular weight excluding hydrogens is 168 g/mol. The maximum Gasteiger partial charge on any atom is 0.316 e. The molecule has 0 heterocycles. The van der Waals surface area contributed by atoms with Crippen LogP contribution in [0.4, 0.5) is 0 Å². The third-order valence-corrected chi connectivity index (χ3v) is 3.72. The van der Waals surface area contributed by atoms with Gasteiger partial charge in [0.2, 0.25) is 0 Å². The van der Waals surface area contributed by atoms with Crippen molar-refractivity contribution < 1.29 is 14.3 Å². The number of hydrogen-bond acceptors (Lipinski definition) is 3. The standard InChI is InChI=1S/C10H14O3/c1-10(2)5-4-6(11)7(8(5)10)9(12)13-3/h5,7-8H,4H2,1-3H3. The van der Waals surface area contributed by atoms with Gasteiger partial charge in [-0.1, -0.05) is 13.8 Å². The molecule has 3 heteroatoms. The van der Waals surface area contributed by atoms with Crippen molar-refractivity contribution in [1.29, 1.82) is 0 Å². The van der Waals surface area contributed by atoms with Crippen molar-refractivity contribution in [2.75, 3.05) is 7.11 Å². The normalized spacial score (nSPS) is 39.9. The van der Waals surface area contributed by atoms with Gasteiger partial charge >= 0.3 is 5.97 Å². The van der Waals surface area contributed by atoms with Gasteiger partial charge in [0.25, 0.3) is 0 Å². The maximum atomic E-state index is 11.4. The van der Waals surface area contributed by atoms with Crippen LogP contribution in [0.3, 0.4) is 0 Å². The summed E-state index contributed by atoms with van der Waals surface area (Å²) in [5.74, 6) is -0.0780. The largest absolute Gasteiger partial charge is 0.468 e. The van der Waals surface area contributed by atoms with E-state index in [-0.39, 0.29) is 23.1 Å². The summed E-state index contributed by atoms with van der Waals surface area (Å²) in [6.45, 7) is 4.23. The number of carbonyl (C=O) groups excluding carboxylic acids is 2. The van der Waals surface area contributed by atoms with Crippen molar-refractivity contribution in [1.82, 2.24) is 0 Å². The number of methoxy groups -OCH3 is 1. The average molecular weight is 182 g/mol. The van der Waals surface area contributed by atoms with Crippen LogP contribution >= 0.6 is 0 Å². The minimum atomic E-state index is -0.468. The summed E-state index contributed by atoms with van der Waals surface area (Å²) in [6.07, 6.45) is 0.567. The molecule has 2 rings (SSSR count). The summed E-state index contributed by atoms with van der Waals surface area (Å²) < 4.78 is 4.64. The number of rotatable bonds is 1. The Morgan fingerprint density at radius 1 is 1.54 bits per heavy atom. The lowest BCUT2D eigenvalue weighted by Gasteiger charge is -2.13. The summed E-state index contributed by atoms with van der Waals surface area (Å²) in [6, 6.07) is 0. The Hall–Kier alpha value is -0.860. The van der Waals surface area contributed by atoms with Gasteiger partial charge in [0.1, 0.15) is 11.7 Å². The van der Waals surface area contributed by atoms with Crippen LogP contribution in [0.5, 0.6) is 0 Å². The highest BCUT2D eigenvalue weighted by Gasteiger charge is 2.69. The van der Waals surface area contributed by atoms with Crippen molar-refractivity contribution in [2.24, 2.45) is 23.2 Å². The zero-order chi connectivity index (χ0) is 9.80. The highest BCUT2D eigenvalue weighted by Crippen LogP contribution is 2.67. The van der Waals surface area contributed by atoms with Crippen LogP contribution in [-0.4, -0.2) is 18.9 Å². The molecule has 3 nitrogen and oxygen atoms in total. The molecule has 0 aromatic rings. The minimum Gasteiger partial charge on any atom is -0.468 e. The van der Waals surface area contributed by atoms with Gasteiger partial charge in [0.15, 0.2) is 0 Å². The lowest BCUT2D eigenvalue weighted by Crippen LogP contribution is -2.26. The molecule has 0 bridgehead atoms. The average Bonchev–Trinajstić information content (AvgIpc) is 2.48. The maximum absolute atomic E-state index is 11.4. The second kappa shape index (κ2) is 2.34. The Morgan fingerprint density at radius 2 is 2.15 bits per heavy atom. The molecule has 3 unspecified atom stereocenters. The molecule has 3 atom stereocenters. The van der Waals surface area contributed by atoms with Crippen LogP contribution in [0, 0.1) is 23.2 Å². The second-order valence-corrected chi connectivity index (χ2v) is 4.62. The summed E-state index contributed by atoms with van der Waals surface area (Å²) in [7, 11) is 1.35. The zero-order valence-corrected chi connectivity index (χ0v) is 8.16. The third kappa shape index (κ3) is 0.960. The summed E-state index contributed by atoms with van der Waals surface area (Å²) in [4.78, 5) is 22.7. The quantitative estimate of drug-likeness (QED) is 0.449. The molecule has 0 saturated heterocycles. The van der Waals surface area contributed by atoms with E-state index in [1.165, 1.54) is 7.11 Å². The first kappa shape index (κ1) is 8.73. The lowest BCUT2D eigenvalue weighted by atomic mass is 9.92. The van der Waals surface area contributed by atoms with Crippen molar-refractivity contribution in [3.8, 4) is 0 Å². The summed E-state index contributed by atoms with van der Waals surface area (Å²) >= 11 is 0. The van der Waals surface area contributed by atoms with Gasteiger partial charge in [-0.15, -0.1) is 0 Å². The first-order chi connectivity index (χ1) is 6.00. The van der Waals surface area contributed by atoms with Crippen LogP contribution in [-0.2, 0) is 14.3 Å². The van der Waals surface area contributed by atoms with Crippen LogP contribution in [0.2, 0.25) is 0 Å². The highest BCUT2D eigenvalue weighted by molar-refractivity contribution is 6.02. The molecule has 2 aliphatic carbocycles. The Bertz CT molecular complexity index is 280. The molecule has 2 saturated carbocycles. The van der Waals surface area contributed by atoms with E-state index in [1.54, 1.807) is 0 Å². The fourth-order valence-corrected chi connectivity index (χ4v) is 2.79. The molecule has 2 aliphatic rings. The first-order valence-corrected chi connectivity index (χ1v) is 4.60. The van der Waals surface area contributed by atoms with E-state index < -0.39 is 5.92 Å². The molecule has 0 amide bonds. The van der Waals surface area contributed by atoms with Crippen molar-refractivity contribution in [3.63, 3.8) is 0 Å². The lowest BCUT2D eigenvalue weighted by molar-refractivity contribution is -0.149. The Labute approximate surface area is 77.4 Å². The van der Waals surface area contributed by atoms with Gasteiger partial charge in [-0.3, -0.25) is 9.59 Å². The van der Waals surface area contributed by atoms with Crippen molar-refractivity contribution in [2.45, 2.75) is 20.3 Å². The molecule has 13 heavy (non-hydrogen) atoms. The fraction of sp³-hybridized carbons (Fsp3) is 0.800. The van der Waals surface area contributed by atoms with Crippen LogP contribution < -0.4 is 0 Å². The summed E-state index contributed by atoms with van der Waals surface area (Å²) in [5.41, 5.74) is 0.173. The van der Waals surface area contributed by atoms with Crippen LogP contribution in [0.1, 0.15) is 20.3 Å². The molecule has 0 N–H and O–H groups in total. The van der Waals surface area contributed by atoms with Gasteiger partial charge in [-0.25, -0.2) is 0 Å². The van der Waals surface area contributed by atoms with Gasteiger partial charge < -0.3 is 4.74 Å². The number of carbonyl (C=O) groups is 2. The van der Waals surface area contributed by atoms with Gasteiger partial charge in [0, 0.05) is 6.42 Å². The number of ketones is 1. The predicted octanol–water partition coefficient (Wildman–Crippen LogP) is 1.02. The van der Waals surface area contributed by atoms with E-state index in [1.807, 2.05) is 0 Å². The predicted molar refractivity (Wildman–Crippen MR) is 45.9 cm³/mol. The third-order valence-electron chi connectivity index (χ3n) is 3.72. The minimum absolute atomic E-state index is 0.0705. The van der Waals surface area contributed by atoms with E-state index in [4.69, 9.17) is 0 Å². The smallest absolute Gasteiger partial charge is 0.316 e. The van der Waals surface area contributed by atoms with Crippen molar-refractivity contribution in [3.05, 3.63) is 0 Å². The van der Waals surface area contributed by atoms with Gasteiger partial charge in [-0.2, -0.15) is 0 Å². The molecule has 72 valence electrons. The molecule has 0 aromatic heterocycles. The van der Waals surface area contributed by atoms with E-state index in [9.17, 15) is 9.59 Å². The molecule has 0 spiro atoms. The molecule has 2 fully saturated rings. The van der Waals surface area contributed by atoms with Crippen LogP contribution in [0.15, 0.2) is 0 Å². The van der Waals surface area contributed by atoms with E-state index in [0.29, 0.717) is 12.3 Å². The Morgan fingerprint density at radius 3 is 2.62 bits per heavy atom. The molecule has 0 radical (unpaired) electrons. The fourth-order valence-electron chi connectivity index (χ4n) is 2.79. The van der Waals surface area contributed by atoms with Crippen molar-refractivity contribution >= 4 is 11.8 Å².